The third-order valence-corrected chi connectivity index (χ3v) is 3.33. The van der Waals surface area contributed by atoms with Crippen LogP contribution in [0.5, 0.6) is 0 Å². The maximum Gasteiger partial charge on any atom is 0.273 e. The Morgan fingerprint density at radius 3 is 2.52 bits per heavy atom. The van der Waals surface area contributed by atoms with Crippen LogP contribution in [-0.4, -0.2) is 11.5 Å². The summed E-state index contributed by atoms with van der Waals surface area (Å²) in [6.45, 7) is 2.56. The van der Waals surface area contributed by atoms with E-state index in [0.29, 0.717) is 28.1 Å². The van der Waals surface area contributed by atoms with Crippen LogP contribution in [0.1, 0.15) is 6.92 Å². The minimum Gasteiger partial charge on any atom is -0.385 e. The molecule has 110 valence electrons. The van der Waals surface area contributed by atoms with Gasteiger partial charge in [0.2, 0.25) is 0 Å². The highest BCUT2D eigenvalue weighted by atomic mass is 79.9. The van der Waals surface area contributed by atoms with Crippen molar-refractivity contribution in [3.63, 3.8) is 0 Å². The Morgan fingerprint density at radius 1 is 1.19 bits per heavy atom. The smallest absolute Gasteiger partial charge is 0.273 e. The van der Waals surface area contributed by atoms with E-state index in [0.717, 1.165) is 0 Å². The summed E-state index contributed by atoms with van der Waals surface area (Å²) in [4.78, 5) is 10.5. The zero-order valence-corrected chi connectivity index (χ0v) is 12.8. The van der Waals surface area contributed by atoms with Gasteiger partial charge in [-0.1, -0.05) is 0 Å². The molecule has 5 nitrogen and oxygen atoms in total. The highest BCUT2D eigenvalue weighted by Crippen LogP contribution is 2.28. The minimum atomic E-state index is -0.452. The van der Waals surface area contributed by atoms with Crippen molar-refractivity contribution in [3.8, 4) is 0 Å². The van der Waals surface area contributed by atoms with Crippen LogP contribution >= 0.6 is 15.9 Å². The molecule has 0 aromatic heterocycles. The fourth-order valence-corrected chi connectivity index (χ4v) is 2.21. The van der Waals surface area contributed by atoms with Crippen molar-refractivity contribution in [1.29, 1.82) is 0 Å². The van der Waals surface area contributed by atoms with E-state index < -0.39 is 4.92 Å². The molecule has 0 fully saturated rings. The van der Waals surface area contributed by atoms with Gasteiger partial charge in [0.05, 0.1) is 9.40 Å². The van der Waals surface area contributed by atoms with Crippen LogP contribution in [0.4, 0.5) is 27.1 Å². The summed E-state index contributed by atoms with van der Waals surface area (Å²) in [5.41, 5.74) is 1.82. The molecule has 0 aliphatic heterocycles. The third-order valence-electron chi connectivity index (χ3n) is 2.72. The Balaban J connectivity index is 2.33. The standard InChI is InChI=1S/C14H13BrFN3O2/c1-2-17-10-5-11(7-12(6-10)19(20)21)18-9-3-4-14(16)13(15)8-9/h3-8,17-18H,2H2,1H3. The highest BCUT2D eigenvalue weighted by molar-refractivity contribution is 9.10. The average molecular weight is 354 g/mol. The molecule has 0 radical (unpaired) electrons. The van der Waals surface area contributed by atoms with Crippen LogP contribution in [0.2, 0.25) is 0 Å². The van der Waals surface area contributed by atoms with Gasteiger partial charge in [0, 0.05) is 35.7 Å². The molecule has 0 saturated heterocycles. The van der Waals surface area contributed by atoms with Crippen molar-refractivity contribution in [3.05, 3.63) is 56.8 Å². The number of hydrogen-bond donors (Lipinski definition) is 2. The second kappa shape index (κ2) is 6.53. The number of nitro benzene ring substituents is 1. The number of nitrogens with zero attached hydrogens (tertiary/aromatic N) is 1. The molecule has 2 aromatic carbocycles. The number of rotatable bonds is 5. The van der Waals surface area contributed by atoms with Crippen LogP contribution in [-0.2, 0) is 0 Å². The lowest BCUT2D eigenvalue weighted by molar-refractivity contribution is -0.384. The molecule has 21 heavy (non-hydrogen) atoms. The molecule has 2 aromatic rings. The molecule has 2 N–H and O–H groups in total. The Morgan fingerprint density at radius 2 is 1.90 bits per heavy atom. The van der Waals surface area contributed by atoms with Crippen molar-refractivity contribution in [2.24, 2.45) is 0 Å². The molecular formula is C14H13BrFN3O2. The first-order valence-corrected chi connectivity index (χ1v) is 7.04. The molecule has 0 saturated carbocycles. The number of non-ortho nitro benzene ring substituents is 1. The molecule has 0 aliphatic carbocycles. The van der Waals surface area contributed by atoms with Gasteiger partial charge in [0.15, 0.2) is 0 Å². The summed E-state index contributed by atoms with van der Waals surface area (Å²) in [5, 5.41) is 17.0. The number of hydrogen-bond acceptors (Lipinski definition) is 4. The Kier molecular flexibility index (Phi) is 4.74. The van der Waals surface area contributed by atoms with Crippen molar-refractivity contribution >= 4 is 38.7 Å². The molecular weight excluding hydrogens is 341 g/mol. The second-order valence-corrected chi connectivity index (χ2v) is 5.16. The first-order chi connectivity index (χ1) is 9.99. The predicted molar refractivity (Wildman–Crippen MR) is 84.6 cm³/mol. The van der Waals surface area contributed by atoms with E-state index in [2.05, 4.69) is 26.6 Å². The number of benzene rings is 2. The quantitative estimate of drug-likeness (QED) is 0.605. The van der Waals surface area contributed by atoms with Gasteiger partial charge in [-0.05, 0) is 47.1 Å². The van der Waals surface area contributed by atoms with Crippen molar-refractivity contribution in [1.82, 2.24) is 0 Å². The van der Waals surface area contributed by atoms with Crippen LogP contribution < -0.4 is 10.6 Å². The summed E-state index contributed by atoms with van der Waals surface area (Å²) < 4.78 is 13.5. The molecule has 0 spiro atoms. The van der Waals surface area contributed by atoms with Gasteiger partial charge in [-0.2, -0.15) is 0 Å². The lowest BCUT2D eigenvalue weighted by atomic mass is 10.2. The highest BCUT2D eigenvalue weighted by Gasteiger charge is 2.10. The monoisotopic (exact) mass is 353 g/mol. The van der Waals surface area contributed by atoms with Crippen LogP contribution in [0.25, 0.3) is 0 Å². The summed E-state index contributed by atoms with van der Waals surface area (Å²) in [6, 6.07) is 9.10. The van der Waals surface area contributed by atoms with Gasteiger partial charge in [0.25, 0.3) is 5.69 Å². The van der Waals surface area contributed by atoms with Crippen molar-refractivity contribution in [2.45, 2.75) is 6.92 Å². The van der Waals surface area contributed by atoms with Crippen molar-refractivity contribution < 1.29 is 9.31 Å². The van der Waals surface area contributed by atoms with Crippen molar-refractivity contribution in [2.75, 3.05) is 17.2 Å². The summed E-state index contributed by atoms with van der Waals surface area (Å²) >= 11 is 3.10. The lowest BCUT2D eigenvalue weighted by Gasteiger charge is -2.10. The van der Waals surface area contributed by atoms with Crippen LogP contribution in [0.3, 0.4) is 0 Å². The summed E-state index contributed by atoms with van der Waals surface area (Å²) in [5.74, 6) is -0.368. The normalized spacial score (nSPS) is 10.2. The van der Waals surface area contributed by atoms with E-state index in [1.54, 1.807) is 18.2 Å². The number of halogens is 2. The van der Waals surface area contributed by atoms with E-state index in [-0.39, 0.29) is 11.5 Å². The maximum absolute atomic E-state index is 13.2. The van der Waals surface area contributed by atoms with Gasteiger partial charge in [-0.3, -0.25) is 10.1 Å². The van der Waals surface area contributed by atoms with Gasteiger partial charge in [-0.15, -0.1) is 0 Å². The zero-order valence-electron chi connectivity index (χ0n) is 11.2. The predicted octanol–water partition coefficient (Wildman–Crippen LogP) is 4.67. The topological polar surface area (TPSA) is 67.2 Å². The van der Waals surface area contributed by atoms with Crippen LogP contribution in [0.15, 0.2) is 40.9 Å². The molecule has 0 unspecified atom stereocenters. The molecule has 0 aliphatic rings. The molecule has 0 heterocycles. The maximum atomic E-state index is 13.2. The van der Waals surface area contributed by atoms with Gasteiger partial charge < -0.3 is 10.6 Å². The van der Waals surface area contributed by atoms with E-state index in [1.165, 1.54) is 18.2 Å². The molecule has 0 bridgehead atoms. The zero-order chi connectivity index (χ0) is 15.4. The van der Waals surface area contributed by atoms with E-state index >= 15 is 0 Å². The molecule has 7 heteroatoms. The molecule has 0 atom stereocenters. The second-order valence-electron chi connectivity index (χ2n) is 4.31. The molecule has 2 rings (SSSR count). The Hall–Kier alpha value is -2.15. The SMILES string of the molecule is CCNc1cc(Nc2ccc(F)c(Br)c2)cc([N+](=O)[O-])c1. The lowest BCUT2D eigenvalue weighted by Crippen LogP contribution is -2.00. The third kappa shape index (κ3) is 3.91. The Bertz CT molecular complexity index is 679. The minimum absolute atomic E-state index is 0.0165. The fraction of sp³-hybridized carbons (Fsp3) is 0.143. The van der Waals surface area contributed by atoms with Gasteiger partial charge >= 0.3 is 0 Å². The van der Waals surface area contributed by atoms with Gasteiger partial charge in [0.1, 0.15) is 5.82 Å². The average Bonchev–Trinajstić information content (AvgIpc) is 2.43. The number of nitrogens with one attached hydrogen (secondary N) is 2. The fourth-order valence-electron chi connectivity index (χ4n) is 1.84. The summed E-state index contributed by atoms with van der Waals surface area (Å²) in [7, 11) is 0. The first-order valence-electron chi connectivity index (χ1n) is 6.25. The van der Waals surface area contributed by atoms with E-state index in [9.17, 15) is 14.5 Å². The van der Waals surface area contributed by atoms with E-state index in [4.69, 9.17) is 0 Å². The number of nitro groups is 1. The first kappa shape index (κ1) is 15.2. The van der Waals surface area contributed by atoms with Crippen LogP contribution in [0, 0.1) is 15.9 Å². The number of anilines is 3. The summed E-state index contributed by atoms with van der Waals surface area (Å²) in [6.07, 6.45) is 0. The molecule has 0 amide bonds. The largest absolute Gasteiger partial charge is 0.385 e. The van der Waals surface area contributed by atoms with E-state index in [1.807, 2.05) is 6.92 Å². The Labute approximate surface area is 129 Å². The van der Waals surface area contributed by atoms with Gasteiger partial charge in [-0.25, -0.2) is 4.39 Å².